The molecule has 0 radical (unpaired) electrons. The zero-order valence-electron chi connectivity index (χ0n) is 19.6. The third-order valence-corrected chi connectivity index (χ3v) is 9.23. The van der Waals surface area contributed by atoms with Crippen molar-refractivity contribution in [3.05, 3.63) is 35.8 Å². The first kappa shape index (κ1) is 24.5. The van der Waals surface area contributed by atoms with E-state index >= 15 is 0 Å². The number of furan rings is 1. The second-order valence-electron chi connectivity index (χ2n) is 10.5. The molecule has 0 bridgehead atoms. The zero-order valence-corrected chi connectivity index (χ0v) is 20.4. The van der Waals surface area contributed by atoms with Gasteiger partial charge in [-0.3, -0.25) is 4.55 Å². The smallest absolute Gasteiger partial charge is 0.397 e. The number of hydrogen-bond donors (Lipinski definition) is 1. The Kier molecular flexibility index (Phi) is 7.75. The lowest BCUT2D eigenvalue weighted by atomic mass is 9.47. The highest BCUT2D eigenvalue weighted by Crippen LogP contribution is 2.62. The minimum Gasteiger partial charge on any atom is -0.472 e. The molecule has 1 aromatic rings. The van der Waals surface area contributed by atoms with E-state index in [9.17, 15) is 8.42 Å². The molecule has 0 aliphatic heterocycles. The molecule has 5 atom stereocenters. The van der Waals surface area contributed by atoms with Gasteiger partial charge < -0.3 is 4.42 Å². The quantitative estimate of drug-likeness (QED) is 0.319. The molecule has 1 fully saturated rings. The molecule has 6 heteroatoms. The molecule has 0 aromatic carbocycles. The van der Waals surface area contributed by atoms with Crippen molar-refractivity contribution in [1.29, 1.82) is 0 Å². The Balaban J connectivity index is 1.67. The molecule has 176 valence electrons. The van der Waals surface area contributed by atoms with Crippen molar-refractivity contribution in [2.24, 2.45) is 28.6 Å². The number of allylic oxidation sites excluding steroid dienone is 2. The summed E-state index contributed by atoms with van der Waals surface area (Å²) in [5.41, 5.74) is 3.21. The van der Waals surface area contributed by atoms with Crippen LogP contribution in [0.2, 0.25) is 0 Å². The first-order valence-corrected chi connectivity index (χ1v) is 13.2. The van der Waals surface area contributed by atoms with E-state index in [1.165, 1.54) is 19.3 Å². The van der Waals surface area contributed by atoms with Crippen LogP contribution in [-0.2, 0) is 21.0 Å². The summed E-state index contributed by atoms with van der Waals surface area (Å²) in [6.07, 6.45) is 15.5. The molecule has 5 nitrogen and oxygen atoms in total. The van der Waals surface area contributed by atoms with Crippen LogP contribution in [0.1, 0.15) is 84.6 Å². The second kappa shape index (κ2) is 9.80. The first-order valence-electron chi connectivity index (χ1n) is 11.8. The van der Waals surface area contributed by atoms with E-state index in [-0.39, 0.29) is 23.4 Å². The van der Waals surface area contributed by atoms with Crippen LogP contribution in [0.5, 0.6) is 0 Å². The van der Waals surface area contributed by atoms with Crippen molar-refractivity contribution in [2.45, 2.75) is 85.5 Å². The van der Waals surface area contributed by atoms with Crippen LogP contribution in [0, 0.1) is 28.6 Å². The number of aryl methyl sites for hydroxylation is 1. The summed E-state index contributed by atoms with van der Waals surface area (Å²) in [5, 5.41) is 0. The molecule has 1 N–H and O–H groups in total. The summed E-state index contributed by atoms with van der Waals surface area (Å²) in [7, 11) is -4.42. The number of rotatable bonds is 10. The Morgan fingerprint density at radius 2 is 2.06 bits per heavy atom. The van der Waals surface area contributed by atoms with Crippen LogP contribution < -0.4 is 0 Å². The molecule has 1 aromatic heterocycles. The molecule has 2 aliphatic carbocycles. The SMILES string of the molecule is CC1=CCCC2C1(C)CCC(C)C2(C)CCC(CCCc1ccoc1)COS(=O)(=O)O. The highest BCUT2D eigenvalue weighted by molar-refractivity contribution is 7.80. The Morgan fingerprint density at radius 1 is 1.29 bits per heavy atom. The van der Waals surface area contributed by atoms with Gasteiger partial charge in [0, 0.05) is 0 Å². The summed E-state index contributed by atoms with van der Waals surface area (Å²) in [6, 6.07) is 1.97. The molecule has 5 unspecified atom stereocenters. The fourth-order valence-corrected chi connectivity index (χ4v) is 6.73. The van der Waals surface area contributed by atoms with Crippen LogP contribution in [0.15, 0.2) is 34.7 Å². The van der Waals surface area contributed by atoms with Gasteiger partial charge in [0.15, 0.2) is 0 Å². The molecule has 3 rings (SSSR count). The van der Waals surface area contributed by atoms with Gasteiger partial charge in [-0.25, -0.2) is 4.18 Å². The van der Waals surface area contributed by atoms with Crippen molar-refractivity contribution >= 4 is 10.4 Å². The maximum absolute atomic E-state index is 11.2. The molecule has 31 heavy (non-hydrogen) atoms. The average Bonchev–Trinajstić information content (AvgIpc) is 3.21. The van der Waals surface area contributed by atoms with Gasteiger partial charge in [-0.1, -0.05) is 32.4 Å². The third-order valence-electron chi connectivity index (χ3n) is 8.80. The highest BCUT2D eigenvalue weighted by atomic mass is 32.3. The predicted octanol–water partition coefficient (Wildman–Crippen LogP) is 6.62. The monoisotopic (exact) mass is 452 g/mol. The summed E-state index contributed by atoms with van der Waals surface area (Å²) in [5.74, 6) is 1.40. The van der Waals surface area contributed by atoms with Gasteiger partial charge in [0.1, 0.15) is 0 Å². The summed E-state index contributed by atoms with van der Waals surface area (Å²) in [4.78, 5) is 0. The fourth-order valence-electron chi connectivity index (χ4n) is 6.37. The summed E-state index contributed by atoms with van der Waals surface area (Å²) in [6.45, 7) is 9.67. The van der Waals surface area contributed by atoms with Crippen LogP contribution >= 0.6 is 0 Å². The van der Waals surface area contributed by atoms with Gasteiger partial charge >= 0.3 is 10.4 Å². The minimum absolute atomic E-state index is 0.0511. The van der Waals surface area contributed by atoms with E-state index in [0.717, 1.165) is 44.1 Å². The third kappa shape index (κ3) is 5.82. The number of fused-ring (bicyclic) bond motifs is 1. The van der Waals surface area contributed by atoms with Gasteiger partial charge in [-0.2, -0.15) is 8.42 Å². The van der Waals surface area contributed by atoms with Crippen molar-refractivity contribution in [1.82, 2.24) is 0 Å². The van der Waals surface area contributed by atoms with E-state index in [2.05, 4.69) is 33.8 Å². The normalized spacial score (nSPS) is 32.4. The van der Waals surface area contributed by atoms with Crippen molar-refractivity contribution in [3.63, 3.8) is 0 Å². The van der Waals surface area contributed by atoms with Crippen LogP contribution in [-0.4, -0.2) is 19.6 Å². The van der Waals surface area contributed by atoms with E-state index in [1.54, 1.807) is 18.1 Å². The van der Waals surface area contributed by atoms with Crippen LogP contribution in [0.4, 0.5) is 0 Å². The maximum Gasteiger partial charge on any atom is 0.397 e. The lowest BCUT2D eigenvalue weighted by Crippen LogP contribution is -2.49. The predicted molar refractivity (Wildman–Crippen MR) is 123 cm³/mol. The van der Waals surface area contributed by atoms with Crippen LogP contribution in [0.3, 0.4) is 0 Å². The molecule has 2 aliphatic rings. The second-order valence-corrected chi connectivity index (χ2v) is 11.6. The Morgan fingerprint density at radius 3 is 2.74 bits per heavy atom. The molecule has 0 amide bonds. The maximum atomic E-state index is 11.2. The van der Waals surface area contributed by atoms with E-state index in [4.69, 9.17) is 13.2 Å². The van der Waals surface area contributed by atoms with Gasteiger partial charge in [0.25, 0.3) is 0 Å². The fraction of sp³-hybridized carbons (Fsp3) is 0.760. The van der Waals surface area contributed by atoms with E-state index in [0.29, 0.717) is 11.8 Å². The standard InChI is InChI=1S/C25H40O5S/c1-19-7-5-10-23-24(19,3)14-11-20(2)25(23,4)15-12-21(18-30-31(26,27)28)8-6-9-22-13-16-29-17-22/h7,13,16-17,20-21,23H,5-6,8-12,14-15,18H2,1-4H3,(H,26,27,28). The van der Waals surface area contributed by atoms with Gasteiger partial charge in [0.05, 0.1) is 19.1 Å². The Bertz CT molecular complexity index is 843. The molecule has 0 spiro atoms. The first-order chi connectivity index (χ1) is 14.5. The average molecular weight is 453 g/mol. The minimum atomic E-state index is -4.42. The largest absolute Gasteiger partial charge is 0.472 e. The van der Waals surface area contributed by atoms with Crippen molar-refractivity contribution < 1.29 is 21.6 Å². The Hall–Kier alpha value is -1.11. The summed E-state index contributed by atoms with van der Waals surface area (Å²) < 4.78 is 41.5. The topological polar surface area (TPSA) is 76.7 Å². The lowest BCUT2D eigenvalue weighted by Gasteiger charge is -2.58. The van der Waals surface area contributed by atoms with Gasteiger partial charge in [-0.15, -0.1) is 0 Å². The van der Waals surface area contributed by atoms with Gasteiger partial charge in [-0.05, 0) is 105 Å². The zero-order chi connectivity index (χ0) is 22.7. The van der Waals surface area contributed by atoms with E-state index < -0.39 is 10.4 Å². The van der Waals surface area contributed by atoms with Crippen LogP contribution in [0.25, 0.3) is 0 Å². The van der Waals surface area contributed by atoms with Crippen molar-refractivity contribution in [2.75, 3.05) is 6.61 Å². The molecule has 1 saturated carbocycles. The molecule has 1 heterocycles. The lowest BCUT2D eigenvalue weighted by molar-refractivity contribution is -0.0514. The molecular weight excluding hydrogens is 412 g/mol. The molecule has 0 saturated heterocycles. The van der Waals surface area contributed by atoms with Crippen molar-refractivity contribution in [3.8, 4) is 0 Å². The summed E-state index contributed by atoms with van der Waals surface area (Å²) >= 11 is 0. The Labute approximate surface area is 188 Å². The van der Waals surface area contributed by atoms with Gasteiger partial charge in [0.2, 0.25) is 0 Å². The highest BCUT2D eigenvalue weighted by Gasteiger charge is 2.52. The number of hydrogen-bond acceptors (Lipinski definition) is 4. The molecular formula is C25H40O5S. The van der Waals surface area contributed by atoms with E-state index in [1.807, 2.05) is 6.07 Å².